The third-order valence-corrected chi connectivity index (χ3v) is 3.57. The van der Waals surface area contributed by atoms with Gasteiger partial charge in [0.25, 0.3) is 0 Å². The number of hydrogen-bond acceptors (Lipinski definition) is 2. The zero-order chi connectivity index (χ0) is 9.75. The largest absolute Gasteiger partial charge is 0.365 e. The molecule has 2 aliphatic rings. The SMILES string of the molecule is CC1=C(C)[C@@H]2O[C@H]1[C@@H](C)C(=O)[C@@H]2C. The van der Waals surface area contributed by atoms with E-state index < -0.39 is 0 Å². The second-order valence-electron chi connectivity index (χ2n) is 4.32. The molecule has 2 nitrogen and oxygen atoms in total. The molecule has 0 aromatic heterocycles. The Morgan fingerprint density at radius 3 is 1.77 bits per heavy atom. The molecule has 0 unspecified atom stereocenters. The van der Waals surface area contributed by atoms with Crippen LogP contribution < -0.4 is 0 Å². The first-order chi connectivity index (χ1) is 6.04. The molecule has 2 heterocycles. The molecule has 0 amide bonds. The van der Waals surface area contributed by atoms with Crippen LogP contribution in [0.3, 0.4) is 0 Å². The Morgan fingerprint density at radius 2 is 1.38 bits per heavy atom. The van der Waals surface area contributed by atoms with Crippen LogP contribution in [-0.4, -0.2) is 18.0 Å². The fourth-order valence-electron chi connectivity index (χ4n) is 2.51. The van der Waals surface area contributed by atoms with Gasteiger partial charge in [0.2, 0.25) is 0 Å². The summed E-state index contributed by atoms with van der Waals surface area (Å²) in [7, 11) is 0. The third kappa shape index (κ3) is 1.01. The highest BCUT2D eigenvalue weighted by atomic mass is 16.5. The summed E-state index contributed by atoms with van der Waals surface area (Å²) in [5, 5.41) is 0. The van der Waals surface area contributed by atoms with E-state index in [1.165, 1.54) is 11.1 Å². The Labute approximate surface area is 79.0 Å². The predicted octanol–water partition coefficient (Wildman–Crippen LogP) is 1.95. The lowest BCUT2D eigenvalue weighted by Gasteiger charge is -2.31. The molecule has 4 atom stereocenters. The first-order valence-electron chi connectivity index (χ1n) is 4.90. The molecule has 0 aromatic carbocycles. The van der Waals surface area contributed by atoms with Gasteiger partial charge in [0, 0.05) is 11.8 Å². The second-order valence-corrected chi connectivity index (χ2v) is 4.32. The monoisotopic (exact) mass is 180 g/mol. The van der Waals surface area contributed by atoms with Crippen LogP contribution in [0.25, 0.3) is 0 Å². The van der Waals surface area contributed by atoms with Crippen LogP contribution in [0.15, 0.2) is 11.1 Å². The molecular formula is C11H16O2. The van der Waals surface area contributed by atoms with E-state index in [2.05, 4.69) is 13.8 Å². The molecule has 13 heavy (non-hydrogen) atoms. The minimum absolute atomic E-state index is 0.0451. The van der Waals surface area contributed by atoms with Crippen molar-refractivity contribution in [3.8, 4) is 0 Å². The predicted molar refractivity (Wildman–Crippen MR) is 50.4 cm³/mol. The van der Waals surface area contributed by atoms with E-state index >= 15 is 0 Å². The van der Waals surface area contributed by atoms with E-state index in [9.17, 15) is 4.79 Å². The molecule has 0 saturated carbocycles. The van der Waals surface area contributed by atoms with Gasteiger partial charge in [-0.15, -0.1) is 0 Å². The average molecular weight is 180 g/mol. The molecule has 1 saturated heterocycles. The molecule has 72 valence electrons. The van der Waals surface area contributed by atoms with Gasteiger partial charge in [0.15, 0.2) is 0 Å². The van der Waals surface area contributed by atoms with Crippen LogP contribution in [0.1, 0.15) is 27.7 Å². The number of carbonyl (C=O) groups excluding carboxylic acids is 1. The highest BCUT2D eigenvalue weighted by molar-refractivity contribution is 5.86. The fraction of sp³-hybridized carbons (Fsp3) is 0.727. The van der Waals surface area contributed by atoms with Gasteiger partial charge in [-0.3, -0.25) is 4.79 Å². The summed E-state index contributed by atoms with van der Waals surface area (Å²) in [5.41, 5.74) is 2.55. The lowest BCUT2D eigenvalue weighted by Crippen LogP contribution is -2.42. The Morgan fingerprint density at radius 1 is 1.00 bits per heavy atom. The highest BCUT2D eigenvalue weighted by Gasteiger charge is 2.46. The molecule has 2 rings (SSSR count). The summed E-state index contributed by atoms with van der Waals surface area (Å²) >= 11 is 0. The Balaban J connectivity index is 2.41. The Hall–Kier alpha value is -0.630. The van der Waals surface area contributed by atoms with Crippen LogP contribution in [0.5, 0.6) is 0 Å². The summed E-state index contributed by atoms with van der Waals surface area (Å²) in [5.74, 6) is 0.449. The lowest BCUT2D eigenvalue weighted by molar-refractivity contribution is -0.143. The number of fused-ring (bicyclic) bond motifs is 2. The number of carbonyl (C=O) groups is 1. The number of Topliss-reactive ketones (excluding diaryl/α,β-unsaturated/α-hetero) is 1. The molecule has 0 aromatic rings. The topological polar surface area (TPSA) is 26.3 Å². The summed E-state index contributed by atoms with van der Waals surface area (Å²) < 4.78 is 5.82. The first-order valence-corrected chi connectivity index (χ1v) is 4.90. The summed E-state index contributed by atoms with van der Waals surface area (Å²) in [6.45, 7) is 8.12. The van der Waals surface area contributed by atoms with Crippen molar-refractivity contribution in [1.29, 1.82) is 0 Å². The molecule has 0 radical (unpaired) electrons. The van der Waals surface area contributed by atoms with Crippen molar-refractivity contribution in [3.05, 3.63) is 11.1 Å². The molecule has 2 bridgehead atoms. The van der Waals surface area contributed by atoms with Crippen molar-refractivity contribution < 1.29 is 9.53 Å². The lowest BCUT2D eigenvalue weighted by atomic mass is 9.87. The Bertz CT molecular complexity index is 264. The van der Waals surface area contributed by atoms with Gasteiger partial charge in [-0.2, -0.15) is 0 Å². The van der Waals surface area contributed by atoms with E-state index in [-0.39, 0.29) is 24.0 Å². The van der Waals surface area contributed by atoms with E-state index in [4.69, 9.17) is 4.74 Å². The number of hydrogen-bond donors (Lipinski definition) is 0. The minimum Gasteiger partial charge on any atom is -0.365 e. The van der Waals surface area contributed by atoms with Crippen LogP contribution in [0, 0.1) is 11.8 Å². The van der Waals surface area contributed by atoms with Gasteiger partial charge in [0.1, 0.15) is 5.78 Å². The zero-order valence-corrected chi connectivity index (χ0v) is 8.63. The smallest absolute Gasteiger partial charge is 0.144 e. The molecular weight excluding hydrogens is 164 g/mol. The molecule has 0 spiro atoms. The maximum Gasteiger partial charge on any atom is 0.144 e. The van der Waals surface area contributed by atoms with Crippen LogP contribution in [0.4, 0.5) is 0 Å². The van der Waals surface area contributed by atoms with Crippen LogP contribution >= 0.6 is 0 Å². The van der Waals surface area contributed by atoms with Crippen molar-refractivity contribution in [1.82, 2.24) is 0 Å². The highest BCUT2D eigenvalue weighted by Crippen LogP contribution is 2.40. The van der Waals surface area contributed by atoms with E-state index in [1.807, 2.05) is 13.8 Å². The fourth-order valence-corrected chi connectivity index (χ4v) is 2.51. The summed E-state index contributed by atoms with van der Waals surface area (Å²) in [6.07, 6.45) is 0.127. The average Bonchev–Trinajstić information content (AvgIpc) is 2.38. The summed E-state index contributed by atoms with van der Waals surface area (Å²) in [6, 6.07) is 0. The normalized spacial score (nSPS) is 44.5. The van der Waals surface area contributed by atoms with E-state index in [0.29, 0.717) is 5.78 Å². The number of ether oxygens (including phenoxy) is 1. The molecule has 0 aliphatic carbocycles. The van der Waals surface area contributed by atoms with Crippen molar-refractivity contribution in [2.24, 2.45) is 11.8 Å². The second kappa shape index (κ2) is 2.68. The van der Waals surface area contributed by atoms with Crippen LogP contribution in [-0.2, 0) is 9.53 Å². The van der Waals surface area contributed by atoms with Crippen molar-refractivity contribution in [2.45, 2.75) is 39.9 Å². The van der Waals surface area contributed by atoms with E-state index in [1.54, 1.807) is 0 Å². The minimum atomic E-state index is 0.0451. The number of ketones is 1. The van der Waals surface area contributed by atoms with Gasteiger partial charge in [-0.1, -0.05) is 13.8 Å². The van der Waals surface area contributed by atoms with Crippen molar-refractivity contribution in [2.75, 3.05) is 0 Å². The molecule has 0 N–H and O–H groups in total. The van der Waals surface area contributed by atoms with Crippen molar-refractivity contribution >= 4 is 5.78 Å². The molecule has 2 heteroatoms. The van der Waals surface area contributed by atoms with Gasteiger partial charge < -0.3 is 4.74 Å². The summed E-state index contributed by atoms with van der Waals surface area (Å²) in [4.78, 5) is 11.8. The van der Waals surface area contributed by atoms with Gasteiger partial charge in [0.05, 0.1) is 12.2 Å². The van der Waals surface area contributed by atoms with Gasteiger partial charge >= 0.3 is 0 Å². The third-order valence-electron chi connectivity index (χ3n) is 3.57. The van der Waals surface area contributed by atoms with E-state index in [0.717, 1.165) is 0 Å². The van der Waals surface area contributed by atoms with Gasteiger partial charge in [-0.05, 0) is 25.0 Å². The number of rotatable bonds is 0. The van der Waals surface area contributed by atoms with Gasteiger partial charge in [-0.25, -0.2) is 0 Å². The van der Waals surface area contributed by atoms with Crippen LogP contribution in [0.2, 0.25) is 0 Å². The molecule has 2 aliphatic heterocycles. The van der Waals surface area contributed by atoms with Crippen molar-refractivity contribution in [3.63, 3.8) is 0 Å². The first kappa shape index (κ1) is 8.95. The molecule has 1 fully saturated rings. The maximum atomic E-state index is 11.8. The standard InChI is InChI=1S/C11H16O2/c1-5-6(2)11-8(4)9(12)7(3)10(5)13-11/h7-8,10-11H,1-4H3/t7-,8-,10-,11+/m0/s1. The zero-order valence-electron chi connectivity index (χ0n) is 8.63. The Kier molecular flexibility index (Phi) is 1.84. The quantitative estimate of drug-likeness (QED) is 0.532. The maximum absolute atomic E-state index is 11.8.